The highest BCUT2D eigenvalue weighted by Gasteiger charge is 2.03. The maximum absolute atomic E-state index is 9.09. The molecule has 0 aliphatic rings. The van der Waals surface area contributed by atoms with Crippen molar-refractivity contribution in [1.82, 2.24) is 0 Å². The summed E-state index contributed by atoms with van der Waals surface area (Å²) in [5, 5.41) is 18.2. The van der Waals surface area contributed by atoms with Gasteiger partial charge in [-0.3, -0.25) is 0 Å². The van der Waals surface area contributed by atoms with Crippen molar-refractivity contribution in [3.8, 4) is 11.5 Å². The molecule has 0 heterocycles. The second-order valence-electron chi connectivity index (χ2n) is 2.54. The van der Waals surface area contributed by atoms with Gasteiger partial charge in [-0.2, -0.15) is 0 Å². The minimum absolute atomic E-state index is 0.00213. The zero-order valence-electron chi connectivity index (χ0n) is 6.57. The SMILES string of the molecule is C=C[C@@H](N)c1cc(O)cc(O)c1. The minimum Gasteiger partial charge on any atom is -0.508 e. The van der Waals surface area contributed by atoms with Crippen LogP contribution in [-0.2, 0) is 0 Å². The van der Waals surface area contributed by atoms with Crippen molar-refractivity contribution >= 4 is 0 Å². The summed E-state index contributed by atoms with van der Waals surface area (Å²) in [6.45, 7) is 3.51. The molecule has 0 fully saturated rings. The third-order valence-electron chi connectivity index (χ3n) is 1.56. The monoisotopic (exact) mass is 165 g/mol. The lowest BCUT2D eigenvalue weighted by molar-refractivity contribution is 0.449. The van der Waals surface area contributed by atoms with Crippen LogP contribution in [0.25, 0.3) is 0 Å². The van der Waals surface area contributed by atoms with E-state index < -0.39 is 0 Å². The lowest BCUT2D eigenvalue weighted by Gasteiger charge is -2.07. The lowest BCUT2D eigenvalue weighted by Crippen LogP contribution is -2.05. The molecule has 1 aromatic carbocycles. The summed E-state index contributed by atoms with van der Waals surface area (Å²) in [6, 6.07) is 3.88. The summed E-state index contributed by atoms with van der Waals surface area (Å²) >= 11 is 0. The van der Waals surface area contributed by atoms with E-state index >= 15 is 0 Å². The first-order valence-electron chi connectivity index (χ1n) is 3.54. The van der Waals surface area contributed by atoms with Crippen molar-refractivity contribution in [3.63, 3.8) is 0 Å². The second-order valence-corrected chi connectivity index (χ2v) is 2.54. The standard InChI is InChI=1S/C9H11NO2/c1-2-9(10)6-3-7(11)5-8(12)4-6/h2-5,9,11-12H,1,10H2/t9-/m1/s1. The van der Waals surface area contributed by atoms with E-state index in [2.05, 4.69) is 6.58 Å². The molecule has 1 rings (SSSR count). The lowest BCUT2D eigenvalue weighted by atomic mass is 10.1. The molecule has 1 aromatic rings. The van der Waals surface area contributed by atoms with Gasteiger partial charge in [0.2, 0.25) is 0 Å². The van der Waals surface area contributed by atoms with Gasteiger partial charge in [-0.25, -0.2) is 0 Å². The van der Waals surface area contributed by atoms with Crippen LogP contribution in [0.15, 0.2) is 30.9 Å². The number of hydrogen-bond donors (Lipinski definition) is 3. The molecule has 0 unspecified atom stereocenters. The number of benzene rings is 1. The van der Waals surface area contributed by atoms with Gasteiger partial charge in [-0.15, -0.1) is 6.58 Å². The van der Waals surface area contributed by atoms with E-state index in [1.54, 1.807) is 0 Å². The number of hydrogen-bond acceptors (Lipinski definition) is 3. The summed E-state index contributed by atoms with van der Waals surface area (Å²) in [5.74, 6) is 0.00426. The highest BCUT2D eigenvalue weighted by atomic mass is 16.3. The van der Waals surface area contributed by atoms with Gasteiger partial charge in [0.15, 0.2) is 0 Å². The number of rotatable bonds is 2. The smallest absolute Gasteiger partial charge is 0.119 e. The van der Waals surface area contributed by atoms with Gasteiger partial charge in [-0.1, -0.05) is 6.08 Å². The normalized spacial score (nSPS) is 12.4. The van der Waals surface area contributed by atoms with Crippen molar-refractivity contribution in [2.75, 3.05) is 0 Å². The quantitative estimate of drug-likeness (QED) is 0.578. The summed E-state index contributed by atoms with van der Waals surface area (Å²) in [4.78, 5) is 0. The van der Waals surface area contributed by atoms with Crippen LogP contribution in [0.4, 0.5) is 0 Å². The molecule has 0 saturated carbocycles. The van der Waals surface area contributed by atoms with Crippen LogP contribution in [0.1, 0.15) is 11.6 Å². The molecule has 12 heavy (non-hydrogen) atoms. The Kier molecular flexibility index (Phi) is 2.35. The fraction of sp³-hybridized carbons (Fsp3) is 0.111. The van der Waals surface area contributed by atoms with Crippen molar-refractivity contribution in [3.05, 3.63) is 36.4 Å². The Labute approximate surface area is 70.8 Å². The van der Waals surface area contributed by atoms with Crippen molar-refractivity contribution in [2.24, 2.45) is 5.73 Å². The molecule has 0 radical (unpaired) electrons. The summed E-state index contributed by atoms with van der Waals surface area (Å²) in [5.41, 5.74) is 6.23. The number of phenolic OH excluding ortho intramolecular Hbond substituents is 2. The highest BCUT2D eigenvalue weighted by molar-refractivity contribution is 5.38. The first-order valence-corrected chi connectivity index (χ1v) is 3.54. The van der Waals surface area contributed by atoms with E-state index in [9.17, 15) is 0 Å². The third-order valence-corrected chi connectivity index (χ3v) is 1.56. The van der Waals surface area contributed by atoms with Crippen molar-refractivity contribution in [1.29, 1.82) is 0 Å². The zero-order chi connectivity index (χ0) is 9.14. The van der Waals surface area contributed by atoms with Crippen LogP contribution in [0, 0.1) is 0 Å². The Morgan fingerprint density at radius 1 is 1.25 bits per heavy atom. The molecule has 0 aliphatic carbocycles. The molecule has 0 aliphatic heterocycles. The summed E-state index contributed by atoms with van der Waals surface area (Å²) < 4.78 is 0. The highest BCUT2D eigenvalue weighted by Crippen LogP contribution is 2.23. The average molecular weight is 165 g/mol. The Morgan fingerprint density at radius 3 is 2.17 bits per heavy atom. The van der Waals surface area contributed by atoms with E-state index in [-0.39, 0.29) is 17.5 Å². The molecule has 0 saturated heterocycles. The Balaban J connectivity index is 3.08. The van der Waals surface area contributed by atoms with Gasteiger partial charge in [-0.05, 0) is 17.7 Å². The molecule has 0 amide bonds. The number of aromatic hydroxyl groups is 2. The Bertz CT molecular complexity index is 276. The van der Waals surface area contributed by atoms with Crippen LogP contribution in [0.5, 0.6) is 11.5 Å². The van der Waals surface area contributed by atoms with Crippen LogP contribution >= 0.6 is 0 Å². The van der Waals surface area contributed by atoms with Crippen LogP contribution in [0.3, 0.4) is 0 Å². The van der Waals surface area contributed by atoms with E-state index in [1.165, 1.54) is 24.3 Å². The predicted octanol–water partition coefficient (Wildman–Crippen LogP) is 1.28. The fourth-order valence-corrected chi connectivity index (χ4v) is 0.947. The zero-order valence-corrected chi connectivity index (χ0v) is 6.57. The number of nitrogens with two attached hydrogens (primary N) is 1. The molecule has 1 atom stereocenters. The Morgan fingerprint density at radius 2 is 1.75 bits per heavy atom. The number of phenols is 2. The van der Waals surface area contributed by atoms with Crippen molar-refractivity contribution in [2.45, 2.75) is 6.04 Å². The van der Waals surface area contributed by atoms with Gasteiger partial charge >= 0.3 is 0 Å². The average Bonchev–Trinajstić information content (AvgIpc) is 2.01. The van der Waals surface area contributed by atoms with Crippen LogP contribution in [-0.4, -0.2) is 10.2 Å². The van der Waals surface area contributed by atoms with Gasteiger partial charge in [0.1, 0.15) is 11.5 Å². The minimum atomic E-state index is -0.358. The molecule has 0 spiro atoms. The van der Waals surface area contributed by atoms with E-state index in [0.29, 0.717) is 5.56 Å². The molecule has 3 nitrogen and oxygen atoms in total. The largest absolute Gasteiger partial charge is 0.508 e. The van der Waals surface area contributed by atoms with Gasteiger partial charge < -0.3 is 15.9 Å². The van der Waals surface area contributed by atoms with E-state index in [4.69, 9.17) is 15.9 Å². The third kappa shape index (κ3) is 1.77. The Hall–Kier alpha value is -1.48. The maximum atomic E-state index is 9.09. The molecule has 64 valence electrons. The first kappa shape index (κ1) is 8.62. The molecule has 3 heteroatoms. The van der Waals surface area contributed by atoms with Gasteiger partial charge in [0.05, 0.1) is 0 Å². The van der Waals surface area contributed by atoms with Gasteiger partial charge in [0, 0.05) is 12.1 Å². The molecule has 4 N–H and O–H groups in total. The molecular weight excluding hydrogens is 154 g/mol. The second kappa shape index (κ2) is 3.28. The molecule has 0 aromatic heterocycles. The van der Waals surface area contributed by atoms with E-state index in [0.717, 1.165) is 0 Å². The maximum Gasteiger partial charge on any atom is 0.119 e. The summed E-state index contributed by atoms with van der Waals surface area (Å²) in [6.07, 6.45) is 1.54. The summed E-state index contributed by atoms with van der Waals surface area (Å²) in [7, 11) is 0. The van der Waals surface area contributed by atoms with Crippen LogP contribution in [0.2, 0.25) is 0 Å². The van der Waals surface area contributed by atoms with Gasteiger partial charge in [0.25, 0.3) is 0 Å². The topological polar surface area (TPSA) is 66.5 Å². The fourth-order valence-electron chi connectivity index (χ4n) is 0.947. The van der Waals surface area contributed by atoms with E-state index in [1.807, 2.05) is 0 Å². The predicted molar refractivity (Wildman–Crippen MR) is 46.9 cm³/mol. The first-order chi connectivity index (χ1) is 5.63. The van der Waals surface area contributed by atoms with Crippen molar-refractivity contribution < 1.29 is 10.2 Å². The molecule has 0 bridgehead atoms. The molecular formula is C9H11NO2. The van der Waals surface area contributed by atoms with Crippen LogP contribution < -0.4 is 5.73 Å².